The van der Waals surface area contributed by atoms with Gasteiger partial charge in [0, 0.05) is 31.0 Å². The summed E-state index contributed by atoms with van der Waals surface area (Å²) in [6, 6.07) is 3.93. The van der Waals surface area contributed by atoms with Crippen LogP contribution in [0.15, 0.2) is 24.0 Å². The standard InChI is InChI=1S/C34H46N2O10/c1-31(2,3)45-29(39)35-17-13-24(37)42-23-12-16-34(44-25(38)14-18-36-30(40)46-32(4,5)6)21-9-8-15-33(34)26-20(19-21)10-11-22(41-7)27(26)43-28(23)33/h10-12,21,28H,8-9,13-19H2,1-7H3,(H,35,39)(H,36,40)/t21-,28+,33+,34-/m1/s1. The highest BCUT2D eigenvalue weighted by atomic mass is 16.6. The van der Waals surface area contributed by atoms with Crippen LogP contribution in [0, 0.1) is 5.92 Å². The van der Waals surface area contributed by atoms with Crippen molar-refractivity contribution in [2.24, 2.45) is 5.92 Å². The molecule has 2 bridgehead atoms. The Morgan fingerprint density at radius 1 is 0.935 bits per heavy atom. The highest BCUT2D eigenvalue weighted by molar-refractivity contribution is 5.75. The maximum absolute atomic E-state index is 13.5. The maximum Gasteiger partial charge on any atom is 0.407 e. The number of alkyl carbamates (subject to hydrolysis) is 2. The number of esters is 2. The van der Waals surface area contributed by atoms with Crippen molar-refractivity contribution >= 4 is 24.1 Å². The van der Waals surface area contributed by atoms with Gasteiger partial charge in [-0.2, -0.15) is 0 Å². The van der Waals surface area contributed by atoms with Crippen LogP contribution in [0.25, 0.3) is 0 Å². The smallest absolute Gasteiger partial charge is 0.407 e. The van der Waals surface area contributed by atoms with Crippen LogP contribution in [0.5, 0.6) is 11.5 Å². The molecular weight excluding hydrogens is 596 g/mol. The number of benzene rings is 1. The molecule has 1 fully saturated rings. The summed E-state index contributed by atoms with van der Waals surface area (Å²) in [5, 5.41) is 5.21. The Hall–Kier alpha value is -3.96. The van der Waals surface area contributed by atoms with Gasteiger partial charge in [-0.3, -0.25) is 9.59 Å². The lowest BCUT2D eigenvalue weighted by atomic mass is 9.46. The summed E-state index contributed by atoms with van der Waals surface area (Å²) in [5.74, 6) is 0.517. The van der Waals surface area contributed by atoms with E-state index in [2.05, 4.69) is 10.6 Å². The molecule has 0 aromatic heterocycles. The highest BCUT2D eigenvalue weighted by Gasteiger charge is 2.73. The summed E-state index contributed by atoms with van der Waals surface area (Å²) in [6.07, 6.45) is 3.15. The monoisotopic (exact) mass is 642 g/mol. The molecule has 3 aliphatic carbocycles. The van der Waals surface area contributed by atoms with Crippen LogP contribution < -0.4 is 20.1 Å². The van der Waals surface area contributed by atoms with Gasteiger partial charge in [0.1, 0.15) is 22.6 Å². The second kappa shape index (κ2) is 12.3. The average Bonchev–Trinajstić information content (AvgIpc) is 3.27. The fraction of sp³-hybridized carbons (Fsp3) is 0.647. The fourth-order valence-corrected chi connectivity index (χ4v) is 7.47. The van der Waals surface area contributed by atoms with Gasteiger partial charge in [0.25, 0.3) is 0 Å². The molecule has 12 heteroatoms. The molecule has 4 aliphatic rings. The normalized spacial score (nSPS) is 25.6. The molecule has 0 unspecified atom stereocenters. The molecule has 1 aromatic rings. The summed E-state index contributed by atoms with van der Waals surface area (Å²) in [6.45, 7) is 10.7. The minimum atomic E-state index is -0.947. The van der Waals surface area contributed by atoms with Crippen LogP contribution in [0.1, 0.15) is 91.2 Å². The minimum absolute atomic E-state index is 0.00786. The third-order valence-electron chi connectivity index (χ3n) is 8.95. The van der Waals surface area contributed by atoms with Crippen molar-refractivity contribution in [3.05, 3.63) is 35.1 Å². The first-order valence-corrected chi connectivity index (χ1v) is 16.0. The zero-order valence-corrected chi connectivity index (χ0v) is 27.8. The first kappa shape index (κ1) is 33.4. The molecule has 12 nitrogen and oxygen atoms in total. The van der Waals surface area contributed by atoms with E-state index in [1.54, 1.807) is 54.7 Å². The Balaban J connectivity index is 1.38. The van der Waals surface area contributed by atoms with Crippen LogP contribution in [0.2, 0.25) is 0 Å². The Labute approximate surface area is 269 Å². The summed E-state index contributed by atoms with van der Waals surface area (Å²) in [4.78, 5) is 50.7. The molecule has 1 heterocycles. The Morgan fingerprint density at radius 2 is 1.57 bits per heavy atom. The van der Waals surface area contributed by atoms with Gasteiger partial charge >= 0.3 is 24.1 Å². The van der Waals surface area contributed by atoms with E-state index in [1.807, 2.05) is 12.1 Å². The number of hydrogen-bond donors (Lipinski definition) is 2. The largest absolute Gasteiger partial charge is 0.493 e. The molecule has 1 aliphatic heterocycles. The van der Waals surface area contributed by atoms with Crippen LogP contribution in [-0.4, -0.2) is 67.2 Å². The number of carbonyl (C=O) groups is 4. The maximum atomic E-state index is 13.5. The fourth-order valence-electron chi connectivity index (χ4n) is 7.47. The van der Waals surface area contributed by atoms with Gasteiger partial charge in [0.2, 0.25) is 0 Å². The third-order valence-corrected chi connectivity index (χ3v) is 8.95. The second-order valence-corrected chi connectivity index (χ2v) is 14.4. The van der Waals surface area contributed by atoms with Gasteiger partial charge in [-0.25, -0.2) is 9.59 Å². The van der Waals surface area contributed by atoms with Gasteiger partial charge in [0.05, 0.1) is 25.4 Å². The molecule has 5 rings (SSSR count). The van der Waals surface area contributed by atoms with Crippen molar-refractivity contribution in [2.75, 3.05) is 20.2 Å². The highest BCUT2D eigenvalue weighted by Crippen LogP contribution is 2.68. The molecule has 1 aromatic carbocycles. The van der Waals surface area contributed by atoms with Gasteiger partial charge in [-0.15, -0.1) is 0 Å². The summed E-state index contributed by atoms with van der Waals surface area (Å²) in [7, 11) is 1.58. The van der Waals surface area contributed by atoms with Crippen molar-refractivity contribution in [3.63, 3.8) is 0 Å². The zero-order chi connectivity index (χ0) is 33.5. The number of methoxy groups -OCH3 is 1. The topological polar surface area (TPSA) is 148 Å². The summed E-state index contributed by atoms with van der Waals surface area (Å²) in [5.41, 5.74) is -1.01. The molecule has 2 amide bonds. The zero-order valence-electron chi connectivity index (χ0n) is 27.8. The predicted octanol–water partition coefficient (Wildman–Crippen LogP) is 4.99. The van der Waals surface area contributed by atoms with Crippen molar-refractivity contribution in [1.29, 1.82) is 0 Å². The van der Waals surface area contributed by atoms with Crippen LogP contribution in [0.4, 0.5) is 9.59 Å². The Bertz CT molecular complexity index is 1420. The van der Waals surface area contributed by atoms with Crippen molar-refractivity contribution in [1.82, 2.24) is 10.6 Å². The van der Waals surface area contributed by atoms with Gasteiger partial charge in [-0.05, 0) is 78.5 Å². The molecule has 46 heavy (non-hydrogen) atoms. The molecular formula is C34H46N2O10. The quantitative estimate of drug-likeness (QED) is 0.279. The number of amides is 2. The summed E-state index contributed by atoms with van der Waals surface area (Å²) < 4.78 is 35.4. The van der Waals surface area contributed by atoms with E-state index in [0.29, 0.717) is 36.5 Å². The first-order valence-electron chi connectivity index (χ1n) is 16.0. The molecule has 2 N–H and O–H groups in total. The van der Waals surface area contributed by atoms with Gasteiger partial charge < -0.3 is 39.1 Å². The SMILES string of the molecule is COc1ccc2c3c1O[C@H]1C(OC(=O)CCNC(=O)OC(C)(C)C)=CC[C@@]4(OC(=O)CCNC(=O)OC(C)(C)C)[C@H](CCC[C@]314)C2. The Kier molecular flexibility index (Phi) is 8.96. The lowest BCUT2D eigenvalue weighted by Crippen LogP contribution is -2.69. The lowest BCUT2D eigenvalue weighted by Gasteiger charge is -2.60. The van der Waals surface area contributed by atoms with Crippen molar-refractivity contribution in [3.8, 4) is 11.5 Å². The van der Waals surface area contributed by atoms with E-state index in [9.17, 15) is 19.2 Å². The van der Waals surface area contributed by atoms with E-state index in [-0.39, 0.29) is 31.8 Å². The number of carbonyl (C=O) groups excluding carboxylic acids is 4. The average molecular weight is 643 g/mol. The molecule has 4 atom stereocenters. The van der Waals surface area contributed by atoms with E-state index in [1.165, 1.54) is 0 Å². The number of nitrogens with one attached hydrogen (secondary N) is 2. The third kappa shape index (κ3) is 6.35. The van der Waals surface area contributed by atoms with Crippen molar-refractivity contribution < 1.29 is 47.6 Å². The van der Waals surface area contributed by atoms with E-state index in [4.69, 9.17) is 28.4 Å². The molecule has 1 spiro atoms. The van der Waals surface area contributed by atoms with Crippen LogP contribution >= 0.6 is 0 Å². The summed E-state index contributed by atoms with van der Waals surface area (Å²) >= 11 is 0. The van der Waals surface area contributed by atoms with E-state index in [0.717, 1.165) is 24.0 Å². The Morgan fingerprint density at radius 3 is 2.17 bits per heavy atom. The molecule has 0 radical (unpaired) electrons. The van der Waals surface area contributed by atoms with Gasteiger partial charge in [-0.1, -0.05) is 12.5 Å². The van der Waals surface area contributed by atoms with Crippen LogP contribution in [-0.2, 0) is 40.4 Å². The minimum Gasteiger partial charge on any atom is -0.493 e. The predicted molar refractivity (Wildman–Crippen MR) is 165 cm³/mol. The number of ether oxygens (including phenoxy) is 6. The second-order valence-electron chi connectivity index (χ2n) is 14.4. The molecule has 252 valence electrons. The van der Waals surface area contributed by atoms with Crippen molar-refractivity contribution in [2.45, 2.75) is 115 Å². The van der Waals surface area contributed by atoms with Gasteiger partial charge in [0.15, 0.2) is 17.6 Å². The number of rotatable bonds is 9. The molecule has 1 saturated carbocycles. The lowest BCUT2D eigenvalue weighted by molar-refractivity contribution is -0.200. The van der Waals surface area contributed by atoms with Crippen LogP contribution in [0.3, 0.4) is 0 Å². The molecule has 0 saturated heterocycles. The van der Waals surface area contributed by atoms with E-state index < -0.39 is 52.4 Å². The first-order chi connectivity index (χ1) is 21.6. The van der Waals surface area contributed by atoms with E-state index >= 15 is 0 Å². The number of hydrogen-bond acceptors (Lipinski definition) is 10.